The number of rotatable bonds is 5. The van der Waals surface area contributed by atoms with Gasteiger partial charge in [0.15, 0.2) is 0 Å². The van der Waals surface area contributed by atoms with E-state index in [1.54, 1.807) is 6.20 Å². The first-order valence-corrected chi connectivity index (χ1v) is 8.22. The number of amides is 1. The number of pyridine rings is 1. The molecular weight excluding hydrogens is 326 g/mol. The van der Waals surface area contributed by atoms with E-state index < -0.39 is 11.6 Å². The lowest BCUT2D eigenvalue weighted by atomic mass is 10.1. The minimum absolute atomic E-state index is 0.131. The zero-order valence-electron chi connectivity index (χ0n) is 13.7. The number of halogens is 2. The molecule has 0 aliphatic carbocycles. The van der Waals surface area contributed by atoms with E-state index >= 15 is 0 Å². The number of nitrogens with one attached hydrogen (secondary N) is 2. The van der Waals surface area contributed by atoms with Gasteiger partial charge in [0.05, 0.1) is 0 Å². The topological polar surface area (TPSA) is 57.3 Å². The molecule has 1 aromatic heterocycles. The average molecular weight is 346 g/mol. The van der Waals surface area contributed by atoms with Gasteiger partial charge in [-0.25, -0.2) is 8.78 Å². The van der Waals surface area contributed by atoms with Crippen molar-refractivity contribution in [1.29, 1.82) is 0 Å². The Morgan fingerprint density at radius 3 is 2.84 bits per heavy atom. The maximum Gasteiger partial charge on any atom is 0.225 e. The number of hydrogen-bond acceptors (Lipinski definition) is 4. The smallest absolute Gasteiger partial charge is 0.225 e. The lowest BCUT2D eigenvalue weighted by molar-refractivity contribution is -0.116. The predicted octanol–water partition coefficient (Wildman–Crippen LogP) is 2.33. The van der Waals surface area contributed by atoms with Gasteiger partial charge in [-0.1, -0.05) is 6.07 Å². The third kappa shape index (κ3) is 4.80. The Kier molecular flexibility index (Phi) is 5.67. The predicted molar refractivity (Wildman–Crippen MR) is 91.0 cm³/mol. The highest BCUT2D eigenvalue weighted by atomic mass is 19.1. The number of nitrogens with zero attached hydrogens (tertiary/aromatic N) is 2. The minimum Gasteiger partial charge on any atom is -0.326 e. The van der Waals surface area contributed by atoms with Crippen LogP contribution in [-0.4, -0.2) is 42.0 Å². The maximum atomic E-state index is 13.2. The summed E-state index contributed by atoms with van der Waals surface area (Å²) in [5.74, 6) is -1.70. The van der Waals surface area contributed by atoms with Crippen LogP contribution in [0.15, 0.2) is 42.7 Å². The van der Waals surface area contributed by atoms with Crippen molar-refractivity contribution in [2.75, 3.05) is 31.5 Å². The fraction of sp³-hybridized carbons (Fsp3) is 0.333. The van der Waals surface area contributed by atoms with Crippen LogP contribution in [0, 0.1) is 11.6 Å². The van der Waals surface area contributed by atoms with E-state index in [1.807, 2.05) is 18.3 Å². The van der Waals surface area contributed by atoms with E-state index in [4.69, 9.17) is 0 Å². The molecule has 3 rings (SSSR count). The molecule has 7 heteroatoms. The average Bonchev–Trinajstić information content (AvgIpc) is 2.60. The Morgan fingerprint density at radius 1 is 1.32 bits per heavy atom. The highest BCUT2D eigenvalue weighted by Gasteiger charge is 2.24. The number of piperazine rings is 1. The van der Waals surface area contributed by atoms with Crippen molar-refractivity contribution in [2.24, 2.45) is 0 Å². The maximum absolute atomic E-state index is 13.2. The van der Waals surface area contributed by atoms with Gasteiger partial charge in [0, 0.05) is 62.8 Å². The second-order valence-corrected chi connectivity index (χ2v) is 6.00. The van der Waals surface area contributed by atoms with E-state index in [-0.39, 0.29) is 24.1 Å². The van der Waals surface area contributed by atoms with E-state index in [9.17, 15) is 13.6 Å². The molecule has 1 aliphatic rings. The molecule has 0 bridgehead atoms. The minimum atomic E-state index is -0.714. The van der Waals surface area contributed by atoms with Crippen LogP contribution in [-0.2, 0) is 4.79 Å². The standard InChI is InChI=1S/C18H20F2N4O/c19-14-8-15(20)10-16(9-14)23-18(25)3-6-24-7-5-22-12-17(24)13-2-1-4-21-11-13/h1-2,4,8-11,17,22H,3,5-7,12H2,(H,23,25). The summed E-state index contributed by atoms with van der Waals surface area (Å²) < 4.78 is 26.4. The zero-order valence-corrected chi connectivity index (χ0v) is 13.7. The molecule has 132 valence electrons. The van der Waals surface area contributed by atoms with Crippen molar-refractivity contribution in [3.8, 4) is 0 Å². The third-order valence-corrected chi connectivity index (χ3v) is 4.20. The Hall–Kier alpha value is -2.38. The highest BCUT2D eigenvalue weighted by molar-refractivity contribution is 5.90. The summed E-state index contributed by atoms with van der Waals surface area (Å²) in [7, 11) is 0. The molecule has 0 radical (unpaired) electrons. The number of carbonyl (C=O) groups excluding carboxylic acids is 1. The number of carbonyl (C=O) groups is 1. The van der Waals surface area contributed by atoms with Crippen LogP contribution in [0.2, 0.25) is 0 Å². The second-order valence-electron chi connectivity index (χ2n) is 6.00. The van der Waals surface area contributed by atoms with Crippen LogP contribution in [0.25, 0.3) is 0 Å². The van der Waals surface area contributed by atoms with Crippen LogP contribution in [0.1, 0.15) is 18.0 Å². The zero-order chi connectivity index (χ0) is 17.6. The molecule has 1 fully saturated rings. The quantitative estimate of drug-likeness (QED) is 0.873. The Bertz CT molecular complexity index is 706. The lowest BCUT2D eigenvalue weighted by Crippen LogP contribution is -2.46. The molecule has 1 saturated heterocycles. The van der Waals surface area contributed by atoms with Crippen molar-refractivity contribution in [3.05, 3.63) is 59.9 Å². The molecule has 2 heterocycles. The van der Waals surface area contributed by atoms with Crippen LogP contribution in [0.5, 0.6) is 0 Å². The van der Waals surface area contributed by atoms with Crippen LogP contribution in [0.3, 0.4) is 0 Å². The summed E-state index contributed by atoms with van der Waals surface area (Å²) in [5.41, 5.74) is 1.23. The molecular formula is C18H20F2N4O. The molecule has 5 nitrogen and oxygen atoms in total. The summed E-state index contributed by atoms with van der Waals surface area (Å²) in [6.07, 6.45) is 3.81. The highest BCUT2D eigenvalue weighted by Crippen LogP contribution is 2.21. The fourth-order valence-electron chi connectivity index (χ4n) is 3.01. The van der Waals surface area contributed by atoms with Gasteiger partial charge in [0.25, 0.3) is 0 Å². The Labute approximate surface area is 145 Å². The van der Waals surface area contributed by atoms with Gasteiger partial charge < -0.3 is 10.6 Å². The lowest BCUT2D eigenvalue weighted by Gasteiger charge is -2.36. The SMILES string of the molecule is O=C(CCN1CCNCC1c1cccnc1)Nc1cc(F)cc(F)c1. The molecule has 1 aliphatic heterocycles. The van der Waals surface area contributed by atoms with E-state index in [0.717, 1.165) is 43.4 Å². The first kappa shape index (κ1) is 17.4. The number of benzene rings is 1. The van der Waals surface area contributed by atoms with Crippen molar-refractivity contribution < 1.29 is 13.6 Å². The molecule has 2 aromatic rings. The normalized spacial score (nSPS) is 18.1. The van der Waals surface area contributed by atoms with E-state index in [0.29, 0.717) is 6.54 Å². The van der Waals surface area contributed by atoms with Crippen molar-refractivity contribution in [1.82, 2.24) is 15.2 Å². The van der Waals surface area contributed by atoms with Gasteiger partial charge in [0.1, 0.15) is 11.6 Å². The number of aromatic nitrogens is 1. The molecule has 25 heavy (non-hydrogen) atoms. The van der Waals surface area contributed by atoms with Crippen LogP contribution >= 0.6 is 0 Å². The number of anilines is 1. The van der Waals surface area contributed by atoms with Gasteiger partial charge in [-0.15, -0.1) is 0 Å². The Morgan fingerprint density at radius 2 is 2.12 bits per heavy atom. The third-order valence-electron chi connectivity index (χ3n) is 4.20. The van der Waals surface area contributed by atoms with Gasteiger partial charge in [-0.3, -0.25) is 14.7 Å². The van der Waals surface area contributed by atoms with Gasteiger partial charge in [-0.05, 0) is 23.8 Å². The van der Waals surface area contributed by atoms with Gasteiger partial charge in [0.2, 0.25) is 5.91 Å². The van der Waals surface area contributed by atoms with E-state index in [2.05, 4.69) is 20.5 Å². The largest absolute Gasteiger partial charge is 0.326 e. The van der Waals surface area contributed by atoms with E-state index in [1.165, 1.54) is 0 Å². The Balaban J connectivity index is 1.58. The fourth-order valence-corrected chi connectivity index (χ4v) is 3.01. The van der Waals surface area contributed by atoms with Gasteiger partial charge in [-0.2, -0.15) is 0 Å². The molecule has 1 amide bonds. The molecule has 1 atom stereocenters. The second kappa shape index (κ2) is 8.13. The monoisotopic (exact) mass is 346 g/mol. The first-order chi connectivity index (χ1) is 12.1. The molecule has 0 spiro atoms. The molecule has 1 unspecified atom stereocenters. The summed E-state index contributed by atoms with van der Waals surface area (Å²) in [4.78, 5) is 18.5. The van der Waals surface area contributed by atoms with Crippen molar-refractivity contribution in [2.45, 2.75) is 12.5 Å². The summed E-state index contributed by atoms with van der Waals surface area (Å²) in [6, 6.07) is 7.05. The summed E-state index contributed by atoms with van der Waals surface area (Å²) >= 11 is 0. The molecule has 2 N–H and O–H groups in total. The molecule has 1 aromatic carbocycles. The molecule has 0 saturated carbocycles. The first-order valence-electron chi connectivity index (χ1n) is 8.22. The summed E-state index contributed by atoms with van der Waals surface area (Å²) in [6.45, 7) is 3.03. The van der Waals surface area contributed by atoms with Crippen molar-refractivity contribution in [3.63, 3.8) is 0 Å². The number of hydrogen-bond donors (Lipinski definition) is 2. The van der Waals surface area contributed by atoms with Crippen molar-refractivity contribution >= 4 is 11.6 Å². The summed E-state index contributed by atoms with van der Waals surface area (Å²) in [5, 5.41) is 5.89. The van der Waals surface area contributed by atoms with Crippen LogP contribution < -0.4 is 10.6 Å². The van der Waals surface area contributed by atoms with Crippen LogP contribution in [0.4, 0.5) is 14.5 Å². The van der Waals surface area contributed by atoms with Gasteiger partial charge >= 0.3 is 0 Å².